The number of carbonyl (C=O) groups is 1. The van der Waals surface area contributed by atoms with Crippen LogP contribution in [0.25, 0.3) is 0 Å². The lowest BCUT2D eigenvalue weighted by molar-refractivity contribution is -0.156. The smallest absolute Gasteiger partial charge is 0.259 e. The Bertz CT molecular complexity index is 521. The third kappa shape index (κ3) is 3.39. The maximum atomic E-state index is 13.2. The Kier molecular flexibility index (Phi) is 5.71. The summed E-state index contributed by atoms with van der Waals surface area (Å²) in [5.74, 6) is 0.120. The first-order chi connectivity index (χ1) is 10.6. The SMILES string of the molecule is CCC1(N)CCN(C(=O)[C@]2(c3ccccc3)CCCO2)CC1.Cl. The van der Waals surface area contributed by atoms with Gasteiger partial charge in [0.05, 0.1) is 0 Å². The molecule has 0 radical (unpaired) electrons. The van der Waals surface area contributed by atoms with E-state index in [0.717, 1.165) is 50.8 Å². The van der Waals surface area contributed by atoms with Crippen LogP contribution in [0.5, 0.6) is 0 Å². The molecule has 4 nitrogen and oxygen atoms in total. The van der Waals surface area contributed by atoms with Crippen LogP contribution >= 0.6 is 12.4 Å². The van der Waals surface area contributed by atoms with Crippen molar-refractivity contribution in [2.75, 3.05) is 19.7 Å². The van der Waals surface area contributed by atoms with Crippen LogP contribution in [0.2, 0.25) is 0 Å². The number of nitrogens with two attached hydrogens (primary N) is 1. The van der Waals surface area contributed by atoms with Gasteiger partial charge in [0, 0.05) is 25.2 Å². The Balaban J connectivity index is 0.00000192. The number of amides is 1. The molecule has 2 saturated heterocycles. The van der Waals surface area contributed by atoms with Gasteiger partial charge in [-0.25, -0.2) is 0 Å². The summed E-state index contributed by atoms with van der Waals surface area (Å²) in [6.45, 7) is 4.26. The van der Waals surface area contributed by atoms with Crippen molar-refractivity contribution >= 4 is 18.3 Å². The number of carbonyl (C=O) groups excluding carboxylic acids is 1. The molecule has 128 valence electrons. The maximum absolute atomic E-state index is 13.2. The molecule has 2 fully saturated rings. The van der Waals surface area contributed by atoms with E-state index in [1.165, 1.54) is 0 Å². The highest BCUT2D eigenvalue weighted by molar-refractivity contribution is 5.87. The van der Waals surface area contributed by atoms with Crippen LogP contribution in [-0.4, -0.2) is 36.0 Å². The summed E-state index contributed by atoms with van der Waals surface area (Å²) in [6, 6.07) is 9.94. The number of hydrogen-bond donors (Lipinski definition) is 1. The van der Waals surface area contributed by atoms with Crippen molar-refractivity contribution in [2.24, 2.45) is 5.73 Å². The lowest BCUT2D eigenvalue weighted by atomic mass is 9.84. The summed E-state index contributed by atoms with van der Waals surface area (Å²) in [6.07, 6.45) is 4.42. The summed E-state index contributed by atoms with van der Waals surface area (Å²) in [7, 11) is 0. The molecule has 5 heteroatoms. The van der Waals surface area contributed by atoms with Gasteiger partial charge in [0.2, 0.25) is 0 Å². The fourth-order valence-electron chi connectivity index (χ4n) is 3.63. The Hall–Kier alpha value is -1.10. The average molecular weight is 339 g/mol. The Morgan fingerprint density at radius 2 is 1.87 bits per heavy atom. The van der Waals surface area contributed by atoms with Crippen LogP contribution in [0.1, 0.15) is 44.6 Å². The van der Waals surface area contributed by atoms with Gasteiger partial charge in [-0.3, -0.25) is 4.79 Å². The van der Waals surface area contributed by atoms with Crippen molar-refractivity contribution in [2.45, 2.75) is 50.2 Å². The molecule has 2 aliphatic rings. The van der Waals surface area contributed by atoms with Crippen LogP contribution in [0.15, 0.2) is 30.3 Å². The molecule has 1 amide bonds. The first kappa shape index (κ1) is 18.2. The van der Waals surface area contributed by atoms with E-state index in [1.54, 1.807) is 0 Å². The number of hydrogen-bond acceptors (Lipinski definition) is 3. The number of piperidine rings is 1. The highest BCUT2D eigenvalue weighted by Gasteiger charge is 2.47. The third-order valence-electron chi connectivity index (χ3n) is 5.36. The third-order valence-corrected chi connectivity index (χ3v) is 5.36. The van der Waals surface area contributed by atoms with E-state index in [4.69, 9.17) is 10.5 Å². The van der Waals surface area contributed by atoms with Crippen molar-refractivity contribution in [1.82, 2.24) is 4.90 Å². The van der Waals surface area contributed by atoms with E-state index in [0.29, 0.717) is 6.61 Å². The molecular weight excluding hydrogens is 312 g/mol. The molecule has 1 aromatic carbocycles. The van der Waals surface area contributed by atoms with Crippen LogP contribution in [0.4, 0.5) is 0 Å². The number of benzene rings is 1. The molecule has 3 rings (SSSR count). The van der Waals surface area contributed by atoms with Crippen molar-refractivity contribution in [3.63, 3.8) is 0 Å². The number of likely N-dealkylation sites (tertiary alicyclic amines) is 1. The second-order valence-electron chi connectivity index (χ2n) is 6.65. The summed E-state index contributed by atoms with van der Waals surface area (Å²) in [4.78, 5) is 15.1. The summed E-state index contributed by atoms with van der Waals surface area (Å²) in [5.41, 5.74) is 6.45. The standard InChI is InChI=1S/C18H26N2O2.ClH/c1-2-17(19)10-12-20(13-11-17)16(21)18(9-6-14-22-18)15-7-4-3-5-8-15;/h3-5,7-8H,2,6,9-14,19H2,1H3;1H/t18-;/m1./s1. The fourth-order valence-corrected chi connectivity index (χ4v) is 3.63. The van der Waals surface area contributed by atoms with Crippen molar-refractivity contribution in [3.05, 3.63) is 35.9 Å². The minimum Gasteiger partial charge on any atom is -0.360 e. The highest BCUT2D eigenvalue weighted by atomic mass is 35.5. The maximum Gasteiger partial charge on any atom is 0.259 e. The number of rotatable bonds is 3. The van der Waals surface area contributed by atoms with Gasteiger partial charge in [0.15, 0.2) is 5.60 Å². The van der Waals surface area contributed by atoms with Crippen molar-refractivity contribution in [1.29, 1.82) is 0 Å². The molecule has 0 aliphatic carbocycles. The normalized spacial score (nSPS) is 26.6. The first-order valence-electron chi connectivity index (χ1n) is 8.37. The predicted octanol–water partition coefficient (Wildman–Crippen LogP) is 2.84. The largest absolute Gasteiger partial charge is 0.360 e. The molecule has 2 N–H and O–H groups in total. The number of ether oxygens (including phenoxy) is 1. The van der Waals surface area contributed by atoms with Gasteiger partial charge >= 0.3 is 0 Å². The minimum atomic E-state index is -0.776. The molecule has 23 heavy (non-hydrogen) atoms. The quantitative estimate of drug-likeness (QED) is 0.922. The number of nitrogens with zero attached hydrogens (tertiary/aromatic N) is 1. The molecule has 0 saturated carbocycles. The van der Waals surface area contributed by atoms with E-state index >= 15 is 0 Å². The topological polar surface area (TPSA) is 55.6 Å². The summed E-state index contributed by atoms with van der Waals surface area (Å²) < 4.78 is 6.00. The molecule has 0 aromatic heterocycles. The van der Waals surface area contributed by atoms with Gasteiger partial charge in [-0.1, -0.05) is 37.3 Å². The van der Waals surface area contributed by atoms with Crippen LogP contribution in [-0.2, 0) is 15.1 Å². The van der Waals surface area contributed by atoms with Crippen molar-refractivity contribution < 1.29 is 9.53 Å². The minimum absolute atomic E-state index is 0. The van der Waals surface area contributed by atoms with Gasteiger partial charge in [-0.05, 0) is 37.7 Å². The Morgan fingerprint density at radius 1 is 1.22 bits per heavy atom. The molecule has 1 aromatic rings. The zero-order valence-corrected chi connectivity index (χ0v) is 14.6. The van der Waals surface area contributed by atoms with Gasteiger partial charge in [-0.2, -0.15) is 0 Å². The van der Waals surface area contributed by atoms with E-state index in [2.05, 4.69) is 6.92 Å². The van der Waals surface area contributed by atoms with E-state index in [9.17, 15) is 4.79 Å². The predicted molar refractivity (Wildman–Crippen MR) is 93.6 cm³/mol. The number of halogens is 1. The molecule has 0 unspecified atom stereocenters. The molecule has 1 atom stereocenters. The zero-order valence-electron chi connectivity index (χ0n) is 13.8. The molecule has 2 heterocycles. The van der Waals surface area contributed by atoms with Crippen LogP contribution in [0, 0.1) is 0 Å². The average Bonchev–Trinajstić information content (AvgIpc) is 3.07. The second-order valence-corrected chi connectivity index (χ2v) is 6.65. The monoisotopic (exact) mass is 338 g/mol. The molecule has 2 aliphatic heterocycles. The zero-order chi connectivity index (χ0) is 15.6. The fraction of sp³-hybridized carbons (Fsp3) is 0.611. The summed E-state index contributed by atoms with van der Waals surface area (Å²) in [5, 5.41) is 0. The van der Waals surface area contributed by atoms with Gasteiger partial charge in [0.25, 0.3) is 5.91 Å². The molecule has 0 spiro atoms. The van der Waals surface area contributed by atoms with Gasteiger partial charge in [0.1, 0.15) is 0 Å². The lowest BCUT2D eigenvalue weighted by Crippen LogP contribution is -2.55. The Labute approximate surface area is 144 Å². The summed E-state index contributed by atoms with van der Waals surface area (Å²) >= 11 is 0. The van der Waals surface area contributed by atoms with Crippen LogP contribution in [0.3, 0.4) is 0 Å². The second kappa shape index (κ2) is 7.20. The lowest BCUT2D eigenvalue weighted by Gasteiger charge is -2.42. The van der Waals surface area contributed by atoms with E-state index in [1.807, 2.05) is 35.2 Å². The van der Waals surface area contributed by atoms with E-state index < -0.39 is 5.60 Å². The van der Waals surface area contributed by atoms with Gasteiger partial charge < -0.3 is 15.4 Å². The van der Waals surface area contributed by atoms with Gasteiger partial charge in [-0.15, -0.1) is 12.4 Å². The molecular formula is C18H27ClN2O2. The first-order valence-corrected chi connectivity index (χ1v) is 8.37. The van der Waals surface area contributed by atoms with Crippen LogP contribution < -0.4 is 5.73 Å². The molecule has 0 bridgehead atoms. The van der Waals surface area contributed by atoms with E-state index in [-0.39, 0.29) is 23.9 Å². The Morgan fingerprint density at radius 3 is 2.39 bits per heavy atom. The van der Waals surface area contributed by atoms with Crippen molar-refractivity contribution in [3.8, 4) is 0 Å². The highest BCUT2D eigenvalue weighted by Crippen LogP contribution is 2.39.